The summed E-state index contributed by atoms with van der Waals surface area (Å²) in [4.78, 5) is 10.5. The topological polar surface area (TPSA) is 102 Å². The first-order valence-electron chi connectivity index (χ1n) is 6.41. The fraction of sp³-hybridized carbons (Fsp3) is 0.538. The lowest BCUT2D eigenvalue weighted by Crippen LogP contribution is -2.24. The summed E-state index contributed by atoms with van der Waals surface area (Å²) in [5, 5.41) is 30.5. The number of aliphatic hydroxyl groups excluding tert-OH is 2. The predicted molar refractivity (Wildman–Crippen MR) is 79.4 cm³/mol. The van der Waals surface area contributed by atoms with E-state index in [0.717, 1.165) is 0 Å². The molecule has 7 nitrogen and oxygen atoms in total. The minimum Gasteiger partial charge on any atom is -0.484 e. The van der Waals surface area contributed by atoms with Crippen molar-refractivity contribution in [3.8, 4) is 5.75 Å². The number of aliphatic hydroxyl groups is 2. The molecule has 0 radical (unpaired) electrons. The second kappa shape index (κ2) is 8.28. The van der Waals surface area contributed by atoms with E-state index in [1.807, 2.05) is 0 Å². The molecule has 0 bridgehead atoms. The summed E-state index contributed by atoms with van der Waals surface area (Å²) < 4.78 is 10.9. The molecule has 0 fully saturated rings. The summed E-state index contributed by atoms with van der Waals surface area (Å²) in [6, 6.07) is 2.83. The van der Waals surface area contributed by atoms with Crippen molar-refractivity contribution in [2.75, 3.05) is 19.8 Å². The lowest BCUT2D eigenvalue weighted by atomic mass is 10.1. The van der Waals surface area contributed by atoms with Gasteiger partial charge in [0.15, 0.2) is 0 Å². The highest BCUT2D eigenvalue weighted by molar-refractivity contribution is 9.10. The van der Waals surface area contributed by atoms with Gasteiger partial charge in [-0.25, -0.2) is 0 Å². The number of hydrogen-bond donors (Lipinski definition) is 2. The van der Waals surface area contributed by atoms with Gasteiger partial charge in [-0.3, -0.25) is 10.1 Å². The van der Waals surface area contributed by atoms with Crippen LogP contribution in [0.4, 0.5) is 5.69 Å². The highest BCUT2D eigenvalue weighted by Gasteiger charge is 2.24. The SMILES string of the molecule is CCOCC(O)COc1c(C(C)O)cc(Br)cc1[N+](=O)[O-]. The number of rotatable bonds is 8. The molecule has 1 aromatic carbocycles. The van der Waals surface area contributed by atoms with E-state index in [1.54, 1.807) is 13.0 Å². The van der Waals surface area contributed by atoms with Gasteiger partial charge in [0.1, 0.15) is 12.7 Å². The summed E-state index contributed by atoms with van der Waals surface area (Å²) in [6.07, 6.45) is -1.85. The van der Waals surface area contributed by atoms with Crippen molar-refractivity contribution in [3.63, 3.8) is 0 Å². The number of nitrogens with zero attached hydrogens (tertiary/aromatic N) is 1. The molecule has 1 aromatic rings. The maximum absolute atomic E-state index is 11.1. The molecule has 1 rings (SSSR count). The van der Waals surface area contributed by atoms with Crippen molar-refractivity contribution >= 4 is 21.6 Å². The van der Waals surface area contributed by atoms with Crippen molar-refractivity contribution in [2.24, 2.45) is 0 Å². The number of ether oxygens (including phenoxy) is 2. The molecule has 0 heterocycles. The largest absolute Gasteiger partial charge is 0.484 e. The van der Waals surface area contributed by atoms with Crippen LogP contribution in [0.2, 0.25) is 0 Å². The zero-order chi connectivity index (χ0) is 16.0. The zero-order valence-corrected chi connectivity index (χ0v) is 13.4. The lowest BCUT2D eigenvalue weighted by Gasteiger charge is -2.16. The highest BCUT2D eigenvalue weighted by Crippen LogP contribution is 2.37. The molecular formula is C13H18BrNO6. The molecule has 2 unspecified atom stereocenters. The summed E-state index contributed by atoms with van der Waals surface area (Å²) in [5.41, 5.74) is 0.00331. The molecule has 0 amide bonds. The van der Waals surface area contributed by atoms with E-state index in [1.165, 1.54) is 13.0 Å². The summed E-state index contributed by atoms with van der Waals surface area (Å²) in [5.74, 6) is -0.0475. The third kappa shape index (κ3) is 5.24. The molecule has 118 valence electrons. The van der Waals surface area contributed by atoms with Crippen molar-refractivity contribution in [3.05, 3.63) is 32.3 Å². The Hall–Kier alpha value is -1.22. The molecule has 0 aliphatic heterocycles. The van der Waals surface area contributed by atoms with Gasteiger partial charge in [-0.2, -0.15) is 0 Å². The first kappa shape index (κ1) is 17.8. The lowest BCUT2D eigenvalue weighted by molar-refractivity contribution is -0.386. The van der Waals surface area contributed by atoms with E-state index in [2.05, 4.69) is 15.9 Å². The predicted octanol–water partition coefficient (Wildman–Crippen LogP) is 2.19. The standard InChI is InChI=1S/C13H18BrNO6/c1-3-20-6-10(17)7-21-13-11(8(2)16)4-9(14)5-12(13)15(18)19/h4-5,8,10,16-17H,3,6-7H2,1-2H3. The molecule has 0 aliphatic carbocycles. The molecule has 0 saturated carbocycles. The van der Waals surface area contributed by atoms with Crippen molar-refractivity contribution < 1.29 is 24.6 Å². The van der Waals surface area contributed by atoms with Crippen molar-refractivity contribution in [2.45, 2.75) is 26.1 Å². The fourth-order valence-electron chi connectivity index (χ4n) is 1.68. The minimum atomic E-state index is -0.944. The Morgan fingerprint density at radius 1 is 1.38 bits per heavy atom. The van der Waals surface area contributed by atoms with Gasteiger partial charge in [-0.05, 0) is 19.9 Å². The molecule has 2 N–H and O–H groups in total. The van der Waals surface area contributed by atoms with Crippen LogP contribution in [0.3, 0.4) is 0 Å². The number of benzene rings is 1. The molecule has 0 aliphatic rings. The van der Waals surface area contributed by atoms with E-state index in [0.29, 0.717) is 11.1 Å². The van der Waals surface area contributed by atoms with Crippen LogP contribution in [0.15, 0.2) is 16.6 Å². The van der Waals surface area contributed by atoms with E-state index in [9.17, 15) is 20.3 Å². The molecular weight excluding hydrogens is 346 g/mol. The van der Waals surface area contributed by atoms with Gasteiger partial charge in [0.2, 0.25) is 5.75 Å². The van der Waals surface area contributed by atoms with Gasteiger partial charge in [0.25, 0.3) is 0 Å². The summed E-state index contributed by atoms with van der Waals surface area (Å²) >= 11 is 3.16. The molecule has 21 heavy (non-hydrogen) atoms. The van der Waals surface area contributed by atoms with Crippen LogP contribution in [0.25, 0.3) is 0 Å². The van der Waals surface area contributed by atoms with Crippen LogP contribution in [0, 0.1) is 10.1 Å². The van der Waals surface area contributed by atoms with Crippen LogP contribution in [0.1, 0.15) is 25.5 Å². The average Bonchev–Trinajstić information content (AvgIpc) is 2.42. The second-order valence-electron chi connectivity index (χ2n) is 4.40. The maximum atomic E-state index is 11.1. The Morgan fingerprint density at radius 3 is 2.57 bits per heavy atom. The zero-order valence-electron chi connectivity index (χ0n) is 11.8. The normalized spacial score (nSPS) is 13.8. The van der Waals surface area contributed by atoms with Crippen LogP contribution in [-0.2, 0) is 4.74 Å². The third-order valence-corrected chi connectivity index (χ3v) is 3.10. The van der Waals surface area contributed by atoms with Crippen molar-refractivity contribution in [1.29, 1.82) is 0 Å². The molecule has 8 heteroatoms. The Labute approximate surface area is 130 Å². The molecule has 0 saturated heterocycles. The Kier molecular flexibility index (Phi) is 7.03. The minimum absolute atomic E-state index is 0.0475. The fourth-order valence-corrected chi connectivity index (χ4v) is 2.15. The number of nitro benzene ring substituents is 1. The summed E-state index contributed by atoms with van der Waals surface area (Å²) in [7, 11) is 0. The summed E-state index contributed by atoms with van der Waals surface area (Å²) in [6.45, 7) is 3.63. The van der Waals surface area contributed by atoms with E-state index in [-0.39, 0.29) is 30.2 Å². The number of hydrogen-bond acceptors (Lipinski definition) is 6. The number of nitro groups is 1. The first-order valence-corrected chi connectivity index (χ1v) is 7.20. The molecule has 0 spiro atoms. The van der Waals surface area contributed by atoms with Crippen LogP contribution >= 0.6 is 15.9 Å². The third-order valence-electron chi connectivity index (χ3n) is 2.64. The van der Waals surface area contributed by atoms with Crippen LogP contribution in [0.5, 0.6) is 5.75 Å². The Morgan fingerprint density at radius 2 is 2.05 bits per heavy atom. The van der Waals surface area contributed by atoms with Gasteiger partial charge in [-0.1, -0.05) is 15.9 Å². The van der Waals surface area contributed by atoms with Crippen LogP contribution in [-0.4, -0.2) is 41.1 Å². The smallest absolute Gasteiger partial charge is 0.312 e. The maximum Gasteiger partial charge on any atom is 0.312 e. The quantitative estimate of drug-likeness (QED) is 0.542. The first-order chi connectivity index (χ1) is 9.86. The molecule has 0 aromatic heterocycles. The van der Waals surface area contributed by atoms with Gasteiger partial charge < -0.3 is 19.7 Å². The van der Waals surface area contributed by atoms with Gasteiger partial charge in [0.05, 0.1) is 17.6 Å². The van der Waals surface area contributed by atoms with Crippen LogP contribution < -0.4 is 4.74 Å². The average molecular weight is 364 g/mol. The van der Waals surface area contributed by atoms with Gasteiger partial charge >= 0.3 is 5.69 Å². The highest BCUT2D eigenvalue weighted by atomic mass is 79.9. The van der Waals surface area contributed by atoms with E-state index in [4.69, 9.17) is 9.47 Å². The second-order valence-corrected chi connectivity index (χ2v) is 5.32. The number of halogens is 1. The van der Waals surface area contributed by atoms with E-state index >= 15 is 0 Å². The Bertz CT molecular complexity index is 494. The van der Waals surface area contributed by atoms with Gasteiger partial charge in [0, 0.05) is 22.7 Å². The van der Waals surface area contributed by atoms with Crippen molar-refractivity contribution in [1.82, 2.24) is 0 Å². The van der Waals surface area contributed by atoms with E-state index < -0.39 is 17.1 Å². The Balaban J connectivity index is 3.00. The monoisotopic (exact) mass is 363 g/mol. The van der Waals surface area contributed by atoms with Gasteiger partial charge in [-0.15, -0.1) is 0 Å². The molecule has 2 atom stereocenters.